The predicted molar refractivity (Wildman–Crippen MR) is 126 cm³/mol. The van der Waals surface area contributed by atoms with Crippen molar-refractivity contribution in [1.82, 2.24) is 10.6 Å². The van der Waals surface area contributed by atoms with Gasteiger partial charge in [-0.2, -0.15) is 0 Å². The van der Waals surface area contributed by atoms with Gasteiger partial charge in [0.25, 0.3) is 5.91 Å². The molecule has 0 saturated carbocycles. The number of amides is 1. The molecule has 0 heterocycles. The minimum absolute atomic E-state index is 0.0424. The lowest BCUT2D eigenvalue weighted by Crippen LogP contribution is -2.41. The molecule has 2 N–H and O–H groups in total. The molecule has 0 aromatic heterocycles. The molecule has 1 atom stereocenters. The van der Waals surface area contributed by atoms with Gasteiger partial charge >= 0.3 is 0 Å². The number of hydrogen-bond donors (Lipinski definition) is 2. The van der Waals surface area contributed by atoms with Crippen LogP contribution in [0.15, 0.2) is 53.0 Å². The third-order valence-electron chi connectivity index (χ3n) is 4.58. The van der Waals surface area contributed by atoms with Crippen LogP contribution in [-0.4, -0.2) is 17.6 Å². The number of carbonyl (C=O) groups excluding carboxylic acids is 1. The van der Waals surface area contributed by atoms with Gasteiger partial charge in [0.15, 0.2) is 5.11 Å². The van der Waals surface area contributed by atoms with Gasteiger partial charge < -0.3 is 10.1 Å². The summed E-state index contributed by atoms with van der Waals surface area (Å²) < 4.78 is 6.68. The second-order valence-electron chi connectivity index (χ2n) is 6.85. The minimum atomic E-state index is -0.282. The van der Waals surface area contributed by atoms with Crippen molar-refractivity contribution in [2.45, 2.75) is 52.0 Å². The molecule has 4 nitrogen and oxygen atoms in total. The van der Waals surface area contributed by atoms with E-state index in [0.717, 1.165) is 29.3 Å². The summed E-state index contributed by atoms with van der Waals surface area (Å²) in [4.78, 5) is 12.8. The van der Waals surface area contributed by atoms with Crippen molar-refractivity contribution in [2.75, 3.05) is 6.61 Å². The van der Waals surface area contributed by atoms with Crippen LogP contribution in [-0.2, 0) is 0 Å². The second kappa shape index (κ2) is 12.6. The Morgan fingerprint density at radius 3 is 2.55 bits per heavy atom. The molecule has 0 bridgehead atoms. The summed E-state index contributed by atoms with van der Waals surface area (Å²) in [5, 5.41) is 6.33. The summed E-state index contributed by atoms with van der Waals surface area (Å²) >= 11 is 8.82. The van der Waals surface area contributed by atoms with E-state index in [9.17, 15) is 4.79 Å². The number of ether oxygens (including phenoxy) is 1. The van der Waals surface area contributed by atoms with E-state index in [4.69, 9.17) is 17.0 Å². The minimum Gasteiger partial charge on any atom is -0.493 e. The van der Waals surface area contributed by atoms with Crippen LogP contribution in [0.1, 0.15) is 67.9 Å². The maximum absolute atomic E-state index is 12.8. The van der Waals surface area contributed by atoms with Crippen LogP contribution < -0.4 is 15.4 Å². The Labute approximate surface area is 187 Å². The Kier molecular flexibility index (Phi) is 10.2. The van der Waals surface area contributed by atoms with E-state index < -0.39 is 0 Å². The van der Waals surface area contributed by atoms with Gasteiger partial charge in [-0.05, 0) is 48.8 Å². The summed E-state index contributed by atoms with van der Waals surface area (Å²) in [5.41, 5.74) is 1.59. The molecule has 2 aromatic carbocycles. The van der Waals surface area contributed by atoms with E-state index in [-0.39, 0.29) is 11.9 Å². The van der Waals surface area contributed by atoms with Crippen molar-refractivity contribution in [1.29, 1.82) is 0 Å². The number of nitrogens with one attached hydrogen (secondary N) is 2. The molecule has 0 saturated heterocycles. The first-order chi connectivity index (χ1) is 14.0. The van der Waals surface area contributed by atoms with Crippen LogP contribution in [0.5, 0.6) is 5.75 Å². The van der Waals surface area contributed by atoms with Crippen molar-refractivity contribution in [2.24, 2.45) is 0 Å². The van der Waals surface area contributed by atoms with Crippen molar-refractivity contribution >= 4 is 39.2 Å². The molecule has 0 aliphatic rings. The zero-order valence-corrected chi connectivity index (χ0v) is 19.4. The molecular weight excluding hydrogens is 448 g/mol. The molecule has 6 heteroatoms. The van der Waals surface area contributed by atoms with Crippen molar-refractivity contribution in [3.63, 3.8) is 0 Å². The Bertz CT molecular complexity index is 799. The fraction of sp³-hybridized carbons (Fsp3) is 0.391. The van der Waals surface area contributed by atoms with Gasteiger partial charge in [-0.3, -0.25) is 10.1 Å². The first-order valence-corrected chi connectivity index (χ1v) is 11.3. The highest BCUT2D eigenvalue weighted by Gasteiger charge is 2.17. The highest BCUT2D eigenvalue weighted by atomic mass is 79.9. The quantitative estimate of drug-likeness (QED) is 0.318. The molecule has 2 aromatic rings. The largest absolute Gasteiger partial charge is 0.493 e. The zero-order valence-electron chi connectivity index (χ0n) is 17.0. The third kappa shape index (κ3) is 7.78. The fourth-order valence-electron chi connectivity index (χ4n) is 2.99. The van der Waals surface area contributed by atoms with Crippen molar-refractivity contribution < 1.29 is 9.53 Å². The summed E-state index contributed by atoms with van der Waals surface area (Å²) in [6, 6.07) is 15.5. The van der Waals surface area contributed by atoms with Crippen LogP contribution in [0.25, 0.3) is 0 Å². The number of rotatable bonds is 10. The van der Waals surface area contributed by atoms with Gasteiger partial charge in [0.1, 0.15) is 5.75 Å². The Morgan fingerprint density at radius 1 is 1.10 bits per heavy atom. The average molecular weight is 477 g/mol. The fourth-order valence-corrected chi connectivity index (χ4v) is 3.58. The number of thiocarbonyl (C=S) groups is 1. The predicted octanol–water partition coefficient (Wildman–Crippen LogP) is 6.16. The molecule has 0 radical (unpaired) electrons. The van der Waals surface area contributed by atoms with E-state index in [1.807, 2.05) is 42.5 Å². The lowest BCUT2D eigenvalue weighted by Gasteiger charge is -2.20. The summed E-state index contributed by atoms with van der Waals surface area (Å²) in [6.45, 7) is 4.85. The molecule has 0 fully saturated rings. The molecule has 29 heavy (non-hydrogen) atoms. The maximum atomic E-state index is 12.8. The van der Waals surface area contributed by atoms with E-state index >= 15 is 0 Å². The van der Waals surface area contributed by atoms with Gasteiger partial charge in [0, 0.05) is 4.47 Å². The van der Waals surface area contributed by atoms with E-state index in [1.54, 1.807) is 6.07 Å². The highest BCUT2D eigenvalue weighted by Crippen LogP contribution is 2.24. The monoisotopic (exact) mass is 476 g/mol. The Balaban J connectivity index is 1.99. The number of benzene rings is 2. The standard InChI is InChI=1S/C23H29BrN2O2S/c1-3-5-6-10-15-28-21-14-13-18(24)16-19(21)22(27)26-23(29)25-20(4-2)17-11-8-7-9-12-17/h7-9,11-14,16,20H,3-6,10,15H2,1-2H3,(H2,25,26,27,29). The third-order valence-corrected chi connectivity index (χ3v) is 5.30. The number of carbonyl (C=O) groups is 1. The Hall–Kier alpha value is -1.92. The molecule has 1 unspecified atom stereocenters. The lowest BCUT2D eigenvalue weighted by atomic mass is 10.1. The molecule has 2 rings (SSSR count). The highest BCUT2D eigenvalue weighted by molar-refractivity contribution is 9.10. The second-order valence-corrected chi connectivity index (χ2v) is 8.17. The van der Waals surface area contributed by atoms with E-state index in [2.05, 4.69) is 40.4 Å². The SMILES string of the molecule is CCCCCCOc1ccc(Br)cc1C(=O)NC(=S)NC(CC)c1ccccc1. The van der Waals surface area contributed by atoms with Crippen molar-refractivity contribution in [3.8, 4) is 5.75 Å². The molecule has 0 aliphatic carbocycles. The van der Waals surface area contributed by atoms with E-state index in [0.29, 0.717) is 23.0 Å². The van der Waals surface area contributed by atoms with E-state index in [1.165, 1.54) is 12.8 Å². The Morgan fingerprint density at radius 2 is 1.86 bits per heavy atom. The van der Waals surface area contributed by atoms with Gasteiger partial charge in [0.2, 0.25) is 0 Å². The zero-order chi connectivity index (χ0) is 21.1. The van der Waals surface area contributed by atoms with Crippen LogP contribution in [0, 0.1) is 0 Å². The first kappa shape index (κ1) is 23.4. The molecule has 0 spiro atoms. The molecule has 156 valence electrons. The summed E-state index contributed by atoms with van der Waals surface area (Å²) in [5.74, 6) is 0.287. The lowest BCUT2D eigenvalue weighted by molar-refractivity contribution is 0.0972. The number of halogens is 1. The van der Waals surface area contributed by atoms with Crippen LogP contribution in [0.4, 0.5) is 0 Å². The first-order valence-electron chi connectivity index (χ1n) is 10.1. The maximum Gasteiger partial charge on any atom is 0.261 e. The van der Waals surface area contributed by atoms with Crippen LogP contribution in [0.2, 0.25) is 0 Å². The van der Waals surface area contributed by atoms with Crippen LogP contribution >= 0.6 is 28.1 Å². The molecule has 1 amide bonds. The van der Waals surface area contributed by atoms with Gasteiger partial charge in [0.05, 0.1) is 18.2 Å². The average Bonchev–Trinajstić information content (AvgIpc) is 2.73. The number of hydrogen-bond acceptors (Lipinski definition) is 3. The van der Waals surface area contributed by atoms with Gasteiger partial charge in [-0.25, -0.2) is 0 Å². The summed E-state index contributed by atoms with van der Waals surface area (Å²) in [7, 11) is 0. The normalized spacial score (nSPS) is 11.6. The van der Waals surface area contributed by atoms with Gasteiger partial charge in [-0.15, -0.1) is 0 Å². The topological polar surface area (TPSA) is 50.4 Å². The van der Waals surface area contributed by atoms with Gasteiger partial charge in [-0.1, -0.05) is 79.4 Å². The van der Waals surface area contributed by atoms with Crippen LogP contribution in [0.3, 0.4) is 0 Å². The number of unbranched alkanes of at least 4 members (excludes halogenated alkanes) is 3. The smallest absolute Gasteiger partial charge is 0.261 e. The summed E-state index contributed by atoms with van der Waals surface area (Å²) in [6.07, 6.45) is 5.32. The van der Waals surface area contributed by atoms with Crippen molar-refractivity contribution in [3.05, 3.63) is 64.1 Å². The molecule has 0 aliphatic heterocycles. The molecular formula is C23H29BrN2O2S.